The number of fused-ring (bicyclic) bond motifs is 1. The third-order valence-electron chi connectivity index (χ3n) is 4.19. The van der Waals surface area contributed by atoms with Crippen LogP contribution in [-0.2, 0) is 35.1 Å². The van der Waals surface area contributed by atoms with Gasteiger partial charge in [0.2, 0.25) is 11.8 Å². The van der Waals surface area contributed by atoms with Gasteiger partial charge in [0.25, 0.3) is 5.91 Å². The SMILES string of the molecule is CC(=O)Nc1nc(CC(=O)NC2C(=O)N3C(C(=O)O)=C(COC(C)=O)CS[C@H]23)cs1. The fraction of sp³-hybridized carbons (Fsp3) is 0.412. The average Bonchev–Trinajstić information content (AvgIpc) is 3.09. The normalized spacial score (nSPS) is 20.2. The van der Waals surface area contributed by atoms with Crippen molar-refractivity contribution in [1.29, 1.82) is 0 Å². The highest BCUT2D eigenvalue weighted by molar-refractivity contribution is 8.00. The maximum Gasteiger partial charge on any atom is 0.352 e. The van der Waals surface area contributed by atoms with Crippen molar-refractivity contribution in [3.8, 4) is 0 Å². The van der Waals surface area contributed by atoms with E-state index in [-0.39, 0.29) is 30.4 Å². The summed E-state index contributed by atoms with van der Waals surface area (Å²) in [6, 6.07) is -0.861. The number of esters is 1. The van der Waals surface area contributed by atoms with Gasteiger partial charge < -0.3 is 20.5 Å². The lowest BCUT2D eigenvalue weighted by Gasteiger charge is -2.49. The number of nitrogens with zero attached hydrogens (tertiary/aromatic N) is 2. The average molecular weight is 454 g/mol. The number of thioether (sulfide) groups is 1. The number of nitrogens with one attached hydrogen (secondary N) is 2. The number of hydrogen-bond donors (Lipinski definition) is 3. The molecule has 1 fully saturated rings. The summed E-state index contributed by atoms with van der Waals surface area (Å²) >= 11 is 2.46. The van der Waals surface area contributed by atoms with Crippen molar-refractivity contribution in [2.45, 2.75) is 31.7 Å². The Morgan fingerprint density at radius 1 is 1.33 bits per heavy atom. The molecule has 13 heteroatoms. The minimum atomic E-state index is -1.30. The predicted molar refractivity (Wildman–Crippen MR) is 106 cm³/mol. The number of hydrogen-bond acceptors (Lipinski definition) is 9. The molecule has 3 amide bonds. The maximum atomic E-state index is 12.5. The monoisotopic (exact) mass is 454 g/mol. The Hall–Kier alpha value is -2.93. The highest BCUT2D eigenvalue weighted by atomic mass is 32.2. The Morgan fingerprint density at radius 2 is 2.07 bits per heavy atom. The molecule has 30 heavy (non-hydrogen) atoms. The van der Waals surface area contributed by atoms with Crippen LogP contribution in [0.1, 0.15) is 19.5 Å². The van der Waals surface area contributed by atoms with Crippen LogP contribution in [0.3, 0.4) is 0 Å². The van der Waals surface area contributed by atoms with E-state index < -0.39 is 35.2 Å². The van der Waals surface area contributed by atoms with E-state index in [4.69, 9.17) is 4.74 Å². The summed E-state index contributed by atoms with van der Waals surface area (Å²) in [7, 11) is 0. The van der Waals surface area contributed by atoms with Gasteiger partial charge in [-0.1, -0.05) is 0 Å². The third kappa shape index (κ3) is 4.62. The molecule has 11 nitrogen and oxygen atoms in total. The quantitative estimate of drug-likeness (QED) is 0.380. The standard InChI is InChI=1S/C17H18N4O7S2/c1-7(22)18-17-19-10(6-30-17)3-11(24)20-12-14(25)21-13(16(26)27)9(4-28-8(2)23)5-29-15(12)21/h6,12,15H,3-5H2,1-2H3,(H,20,24)(H,26,27)(H,18,19,22)/t12?,15-/m1/s1. The second-order valence-electron chi connectivity index (χ2n) is 6.49. The zero-order valence-corrected chi connectivity index (χ0v) is 17.6. The van der Waals surface area contributed by atoms with E-state index in [1.54, 1.807) is 5.38 Å². The van der Waals surface area contributed by atoms with Crippen LogP contribution in [0.4, 0.5) is 5.13 Å². The molecule has 2 aliphatic heterocycles. The van der Waals surface area contributed by atoms with Gasteiger partial charge in [-0.15, -0.1) is 23.1 Å². The number of β-lactam (4-membered cyclic amide) rings is 1. The van der Waals surface area contributed by atoms with E-state index in [1.807, 2.05) is 0 Å². The van der Waals surface area contributed by atoms with E-state index in [9.17, 15) is 29.1 Å². The zero-order chi connectivity index (χ0) is 22.0. The van der Waals surface area contributed by atoms with Crippen LogP contribution in [-0.4, -0.2) is 68.4 Å². The first-order valence-corrected chi connectivity index (χ1v) is 10.6. The molecule has 0 spiro atoms. The summed E-state index contributed by atoms with van der Waals surface area (Å²) in [5.74, 6) is -2.86. The van der Waals surface area contributed by atoms with Gasteiger partial charge >= 0.3 is 11.9 Å². The minimum absolute atomic E-state index is 0.0867. The van der Waals surface area contributed by atoms with Crippen molar-refractivity contribution < 1.29 is 33.8 Å². The molecule has 3 heterocycles. The van der Waals surface area contributed by atoms with Crippen LogP contribution >= 0.6 is 23.1 Å². The lowest BCUT2D eigenvalue weighted by molar-refractivity contribution is -0.151. The van der Waals surface area contributed by atoms with E-state index in [1.165, 1.54) is 36.9 Å². The van der Waals surface area contributed by atoms with Crippen LogP contribution in [0, 0.1) is 0 Å². The number of carbonyl (C=O) groups is 5. The Balaban J connectivity index is 1.64. The topological polar surface area (TPSA) is 155 Å². The number of amides is 3. The Bertz CT molecular complexity index is 958. The molecule has 1 aromatic heterocycles. The number of aromatic nitrogens is 1. The van der Waals surface area contributed by atoms with Crippen LogP contribution in [0.5, 0.6) is 0 Å². The van der Waals surface area contributed by atoms with Crippen molar-refractivity contribution >= 4 is 57.9 Å². The maximum absolute atomic E-state index is 12.5. The van der Waals surface area contributed by atoms with Gasteiger partial charge in [0, 0.05) is 30.6 Å². The summed E-state index contributed by atoms with van der Waals surface area (Å²) in [6.45, 7) is 2.35. The summed E-state index contributed by atoms with van der Waals surface area (Å²) in [5.41, 5.74) is 0.552. The van der Waals surface area contributed by atoms with Gasteiger partial charge in [-0.05, 0) is 0 Å². The molecule has 2 atom stereocenters. The van der Waals surface area contributed by atoms with E-state index in [2.05, 4.69) is 15.6 Å². The highest BCUT2D eigenvalue weighted by Crippen LogP contribution is 2.40. The highest BCUT2D eigenvalue weighted by Gasteiger charge is 2.54. The molecule has 0 aliphatic carbocycles. The second-order valence-corrected chi connectivity index (χ2v) is 8.46. The third-order valence-corrected chi connectivity index (χ3v) is 6.34. The van der Waals surface area contributed by atoms with Crippen LogP contribution in [0.15, 0.2) is 16.7 Å². The Morgan fingerprint density at radius 3 is 2.70 bits per heavy atom. The van der Waals surface area contributed by atoms with Crippen molar-refractivity contribution in [3.05, 3.63) is 22.3 Å². The van der Waals surface area contributed by atoms with Gasteiger partial charge in [-0.2, -0.15) is 0 Å². The van der Waals surface area contributed by atoms with E-state index in [0.717, 1.165) is 4.90 Å². The van der Waals surface area contributed by atoms with Crippen molar-refractivity contribution in [1.82, 2.24) is 15.2 Å². The van der Waals surface area contributed by atoms with Crippen LogP contribution in [0.2, 0.25) is 0 Å². The second kappa shape index (κ2) is 8.83. The first-order chi connectivity index (χ1) is 14.2. The Kier molecular flexibility index (Phi) is 6.41. The number of carboxylic acid groups (broad SMARTS) is 1. The van der Waals surface area contributed by atoms with Crippen molar-refractivity contribution in [2.75, 3.05) is 17.7 Å². The molecule has 3 N–H and O–H groups in total. The summed E-state index contributed by atoms with van der Waals surface area (Å²) in [6.07, 6.45) is -0.0867. The van der Waals surface area contributed by atoms with Gasteiger partial charge in [0.05, 0.1) is 12.1 Å². The molecule has 0 saturated carbocycles. The fourth-order valence-corrected chi connectivity index (χ4v) is 5.05. The molecule has 0 bridgehead atoms. The Labute approximate surface area is 178 Å². The summed E-state index contributed by atoms with van der Waals surface area (Å²) < 4.78 is 4.88. The predicted octanol–water partition coefficient (Wildman–Crippen LogP) is -0.0543. The first kappa shape index (κ1) is 21.8. The molecule has 0 aromatic carbocycles. The number of carbonyl (C=O) groups excluding carboxylic acids is 4. The van der Waals surface area contributed by atoms with Crippen molar-refractivity contribution in [3.63, 3.8) is 0 Å². The van der Waals surface area contributed by atoms with Gasteiger partial charge in [-0.25, -0.2) is 9.78 Å². The number of carboxylic acids is 1. The van der Waals surface area contributed by atoms with Crippen molar-refractivity contribution in [2.24, 2.45) is 0 Å². The lowest BCUT2D eigenvalue weighted by atomic mass is 10.0. The van der Waals surface area contributed by atoms with Gasteiger partial charge in [0.15, 0.2) is 5.13 Å². The summed E-state index contributed by atoms with van der Waals surface area (Å²) in [5, 5.41) is 16.1. The molecule has 160 valence electrons. The number of anilines is 1. The molecule has 2 aliphatic rings. The van der Waals surface area contributed by atoms with Crippen LogP contribution < -0.4 is 10.6 Å². The van der Waals surface area contributed by atoms with E-state index in [0.29, 0.717) is 16.4 Å². The smallest absolute Gasteiger partial charge is 0.352 e. The fourth-order valence-electron chi connectivity index (χ4n) is 2.97. The lowest BCUT2D eigenvalue weighted by Crippen LogP contribution is -2.70. The number of aliphatic carboxylic acids is 1. The molecule has 1 saturated heterocycles. The number of thiazole rings is 1. The molecule has 1 aromatic rings. The number of ether oxygens (including phenoxy) is 1. The summed E-state index contributed by atoms with van der Waals surface area (Å²) in [4.78, 5) is 63.8. The molecule has 1 unspecified atom stereocenters. The first-order valence-electron chi connectivity index (χ1n) is 8.72. The minimum Gasteiger partial charge on any atom is -0.477 e. The van der Waals surface area contributed by atoms with E-state index >= 15 is 0 Å². The molecular formula is C17H18N4O7S2. The largest absolute Gasteiger partial charge is 0.477 e. The number of rotatable bonds is 7. The molecule has 0 radical (unpaired) electrons. The zero-order valence-electron chi connectivity index (χ0n) is 16.0. The van der Waals surface area contributed by atoms with Crippen LogP contribution in [0.25, 0.3) is 0 Å². The molecule has 3 rings (SSSR count). The molecular weight excluding hydrogens is 436 g/mol. The van der Waals surface area contributed by atoms with Gasteiger partial charge in [-0.3, -0.25) is 24.1 Å². The van der Waals surface area contributed by atoms with Gasteiger partial charge in [0.1, 0.15) is 23.7 Å².